The summed E-state index contributed by atoms with van der Waals surface area (Å²) in [5.74, 6) is -2.44. The highest BCUT2D eigenvalue weighted by Gasteiger charge is 2.58. The van der Waals surface area contributed by atoms with Crippen molar-refractivity contribution >= 4 is 35.0 Å². The molecule has 2 aliphatic rings. The fourth-order valence-corrected chi connectivity index (χ4v) is 5.83. The number of aliphatic hydroxyl groups excluding tert-OH is 1. The molecule has 7 nitrogen and oxygen atoms in total. The van der Waals surface area contributed by atoms with Gasteiger partial charge >= 0.3 is 0 Å². The van der Waals surface area contributed by atoms with Crippen LogP contribution >= 0.6 is 11.6 Å². The molecule has 1 saturated heterocycles. The fourth-order valence-electron chi connectivity index (χ4n) is 5.56. The van der Waals surface area contributed by atoms with Crippen molar-refractivity contribution in [2.45, 2.75) is 52.6 Å². The van der Waals surface area contributed by atoms with Gasteiger partial charge in [0.25, 0.3) is 0 Å². The Morgan fingerprint density at radius 1 is 1.21 bits per heavy atom. The predicted octanol–water partition coefficient (Wildman–Crippen LogP) is 3.40. The van der Waals surface area contributed by atoms with Gasteiger partial charge in [0, 0.05) is 13.0 Å². The quantitative estimate of drug-likeness (QED) is 0.487. The van der Waals surface area contributed by atoms with E-state index < -0.39 is 29.8 Å². The molecule has 1 heterocycles. The van der Waals surface area contributed by atoms with Crippen molar-refractivity contribution in [3.05, 3.63) is 40.9 Å². The molecule has 1 aromatic rings. The Kier molecular flexibility index (Phi) is 8.42. The third-order valence-corrected chi connectivity index (χ3v) is 7.47. The molecule has 1 aliphatic heterocycles. The zero-order chi connectivity index (χ0) is 25.2. The van der Waals surface area contributed by atoms with Gasteiger partial charge in [0.15, 0.2) is 0 Å². The Hall–Kier alpha value is -2.38. The van der Waals surface area contributed by atoms with E-state index >= 15 is 0 Å². The third kappa shape index (κ3) is 4.86. The summed E-state index contributed by atoms with van der Waals surface area (Å²) in [5, 5.41) is 16.3. The lowest BCUT2D eigenvalue weighted by Gasteiger charge is -2.34. The van der Waals surface area contributed by atoms with Gasteiger partial charge in [0.05, 0.1) is 35.2 Å². The van der Waals surface area contributed by atoms with E-state index in [1.165, 1.54) is 4.90 Å². The number of likely N-dealkylation sites (tertiary alicyclic amines) is 1. The molecular formula is C26H36ClN3O4. The third-order valence-electron chi connectivity index (χ3n) is 7.15. The second-order valence-corrected chi connectivity index (χ2v) is 10.2. The number of halogens is 1. The first kappa shape index (κ1) is 26.2. The standard InChI is InChI=1S/C26H36ClN3O4/c1-6-16-10-11-18-21(20(16)24(32)28-5)26(34)30(17(13-31)12-14(2)3)23(18)25(33)29-22-15(4)8-7-9-19(22)27/h7-11,14,16-18,20-21,23,31H,6,12-13H2,1-5H3,(H,28,32)(H,29,33)/t16-,17-,18+,20-,21+,23+/m1/s1. The molecule has 34 heavy (non-hydrogen) atoms. The number of carbonyl (C=O) groups excluding carboxylic acids is 3. The minimum absolute atomic E-state index is 0.0997. The highest BCUT2D eigenvalue weighted by molar-refractivity contribution is 6.34. The summed E-state index contributed by atoms with van der Waals surface area (Å²) >= 11 is 6.36. The number of para-hydroxylation sites is 1. The summed E-state index contributed by atoms with van der Waals surface area (Å²) in [6, 6.07) is 3.98. The molecule has 1 aliphatic carbocycles. The van der Waals surface area contributed by atoms with Crippen LogP contribution in [0.1, 0.15) is 39.2 Å². The number of aryl methyl sites for hydroxylation is 1. The number of allylic oxidation sites excluding steroid dienone is 1. The molecular weight excluding hydrogens is 454 g/mol. The first-order chi connectivity index (χ1) is 16.2. The lowest BCUT2D eigenvalue weighted by Crippen LogP contribution is -2.51. The van der Waals surface area contributed by atoms with Gasteiger partial charge < -0.3 is 20.6 Å². The first-order valence-corrected chi connectivity index (χ1v) is 12.4. The zero-order valence-corrected chi connectivity index (χ0v) is 21.3. The average molecular weight is 490 g/mol. The molecule has 186 valence electrons. The van der Waals surface area contributed by atoms with Gasteiger partial charge in [-0.3, -0.25) is 14.4 Å². The smallest absolute Gasteiger partial charge is 0.247 e. The average Bonchev–Trinajstić information content (AvgIpc) is 3.10. The minimum Gasteiger partial charge on any atom is -0.394 e. The predicted molar refractivity (Wildman–Crippen MR) is 133 cm³/mol. The van der Waals surface area contributed by atoms with Gasteiger partial charge in [-0.2, -0.15) is 0 Å². The maximum atomic E-state index is 13.9. The zero-order valence-electron chi connectivity index (χ0n) is 20.5. The number of carbonyl (C=O) groups is 3. The number of fused-ring (bicyclic) bond motifs is 1. The van der Waals surface area contributed by atoms with Gasteiger partial charge in [0.2, 0.25) is 17.7 Å². The maximum absolute atomic E-state index is 13.9. The Balaban J connectivity index is 2.08. The van der Waals surface area contributed by atoms with E-state index in [1.54, 1.807) is 13.1 Å². The Labute approximate surface area is 206 Å². The lowest BCUT2D eigenvalue weighted by atomic mass is 9.69. The van der Waals surface area contributed by atoms with Crippen molar-refractivity contribution in [1.82, 2.24) is 10.2 Å². The van der Waals surface area contributed by atoms with E-state index in [0.717, 1.165) is 5.56 Å². The summed E-state index contributed by atoms with van der Waals surface area (Å²) < 4.78 is 0. The van der Waals surface area contributed by atoms with Crippen molar-refractivity contribution < 1.29 is 19.5 Å². The molecule has 0 saturated carbocycles. The highest BCUT2D eigenvalue weighted by Crippen LogP contribution is 2.46. The van der Waals surface area contributed by atoms with Crippen LogP contribution in [0.3, 0.4) is 0 Å². The summed E-state index contributed by atoms with van der Waals surface area (Å²) in [6.07, 6.45) is 5.14. The van der Waals surface area contributed by atoms with Crippen molar-refractivity contribution in [2.75, 3.05) is 19.0 Å². The molecule has 1 fully saturated rings. The SMILES string of the molecule is CC[C@@H]1C=C[C@H]2[C@H](C(=O)N([C@@H](CO)CC(C)C)[C@@H]2C(=O)Nc2c(C)cccc2Cl)[C@@H]1C(=O)NC. The Bertz CT molecular complexity index is 943. The normalized spacial score (nSPS) is 27.0. The minimum atomic E-state index is -0.856. The molecule has 0 radical (unpaired) electrons. The largest absolute Gasteiger partial charge is 0.394 e. The molecule has 3 N–H and O–H groups in total. The first-order valence-electron chi connectivity index (χ1n) is 12.0. The van der Waals surface area contributed by atoms with Crippen LogP contribution in [0.5, 0.6) is 0 Å². The van der Waals surface area contributed by atoms with Crippen LogP contribution in [0.2, 0.25) is 5.02 Å². The van der Waals surface area contributed by atoms with Crippen LogP contribution in [-0.2, 0) is 14.4 Å². The van der Waals surface area contributed by atoms with Gasteiger partial charge in [-0.25, -0.2) is 0 Å². The monoisotopic (exact) mass is 489 g/mol. The van der Waals surface area contributed by atoms with Gasteiger partial charge in [-0.05, 0) is 43.2 Å². The van der Waals surface area contributed by atoms with Crippen LogP contribution in [0.15, 0.2) is 30.4 Å². The van der Waals surface area contributed by atoms with Crippen molar-refractivity contribution in [1.29, 1.82) is 0 Å². The molecule has 0 bridgehead atoms. The molecule has 0 unspecified atom stereocenters. The van der Waals surface area contributed by atoms with Gasteiger partial charge in [-0.1, -0.05) is 56.7 Å². The Morgan fingerprint density at radius 3 is 2.47 bits per heavy atom. The van der Waals surface area contributed by atoms with Crippen LogP contribution in [0.4, 0.5) is 5.69 Å². The van der Waals surface area contributed by atoms with E-state index in [1.807, 2.05) is 52.0 Å². The number of amides is 3. The van der Waals surface area contributed by atoms with E-state index in [9.17, 15) is 19.5 Å². The second-order valence-electron chi connectivity index (χ2n) is 9.78. The van der Waals surface area contributed by atoms with Crippen LogP contribution < -0.4 is 10.6 Å². The van der Waals surface area contributed by atoms with Crippen molar-refractivity contribution in [3.63, 3.8) is 0 Å². The molecule has 3 rings (SSSR count). The maximum Gasteiger partial charge on any atom is 0.247 e. The second kappa shape index (κ2) is 10.9. The van der Waals surface area contributed by atoms with E-state index in [-0.39, 0.29) is 36.2 Å². The number of anilines is 1. The summed E-state index contributed by atoms with van der Waals surface area (Å²) in [6.45, 7) is 7.61. The van der Waals surface area contributed by atoms with Gasteiger partial charge in [-0.15, -0.1) is 0 Å². The number of hydrogen-bond acceptors (Lipinski definition) is 4. The molecule has 1 aromatic carbocycles. The van der Waals surface area contributed by atoms with Crippen molar-refractivity contribution in [2.24, 2.45) is 29.6 Å². The number of benzene rings is 1. The van der Waals surface area contributed by atoms with Crippen LogP contribution in [-0.4, -0.2) is 53.5 Å². The van der Waals surface area contributed by atoms with E-state index in [0.29, 0.717) is 23.6 Å². The van der Waals surface area contributed by atoms with E-state index in [4.69, 9.17) is 11.6 Å². The molecule has 8 heteroatoms. The van der Waals surface area contributed by atoms with Crippen molar-refractivity contribution in [3.8, 4) is 0 Å². The van der Waals surface area contributed by atoms with Gasteiger partial charge in [0.1, 0.15) is 6.04 Å². The van der Waals surface area contributed by atoms with E-state index in [2.05, 4.69) is 10.6 Å². The number of nitrogens with one attached hydrogen (secondary N) is 2. The molecule has 0 spiro atoms. The summed E-state index contributed by atoms with van der Waals surface area (Å²) in [7, 11) is 1.57. The highest BCUT2D eigenvalue weighted by atomic mass is 35.5. The molecule has 6 atom stereocenters. The topological polar surface area (TPSA) is 98.7 Å². The fraction of sp³-hybridized carbons (Fsp3) is 0.577. The van der Waals surface area contributed by atoms with Crippen LogP contribution in [0, 0.1) is 36.5 Å². The number of hydrogen-bond donors (Lipinski definition) is 3. The number of rotatable bonds is 8. The lowest BCUT2D eigenvalue weighted by molar-refractivity contribution is -0.143. The molecule has 0 aromatic heterocycles. The summed E-state index contributed by atoms with van der Waals surface area (Å²) in [4.78, 5) is 42.1. The number of aliphatic hydroxyl groups is 1. The Morgan fingerprint density at radius 2 is 1.91 bits per heavy atom. The number of nitrogens with zero attached hydrogens (tertiary/aromatic N) is 1. The molecule has 3 amide bonds. The van der Waals surface area contributed by atoms with Crippen LogP contribution in [0.25, 0.3) is 0 Å². The summed E-state index contributed by atoms with van der Waals surface area (Å²) in [5.41, 5.74) is 1.31.